The molecule has 0 radical (unpaired) electrons. The van der Waals surface area contributed by atoms with Crippen LogP contribution in [0.1, 0.15) is 232 Å². The Balaban J connectivity index is 3.60. The summed E-state index contributed by atoms with van der Waals surface area (Å²) in [6.45, 7) is 4.30. The molecule has 0 heterocycles. The van der Waals surface area contributed by atoms with E-state index in [1.165, 1.54) is 180 Å². The quantitative estimate of drug-likeness (QED) is 0.0440. The lowest BCUT2D eigenvalue weighted by atomic mass is 10.0. The molecule has 0 aromatic heterocycles. The number of carbonyl (C=O) groups excluding carboxylic acids is 1. The molecule has 4 nitrogen and oxygen atoms in total. The average molecular weight is 702 g/mol. The third kappa shape index (κ3) is 37.9. The minimum Gasteiger partial charge on any atom is -0.394 e. The van der Waals surface area contributed by atoms with E-state index in [4.69, 9.17) is 0 Å². The van der Waals surface area contributed by atoms with Crippen LogP contribution in [-0.2, 0) is 4.79 Å². The zero-order valence-corrected chi connectivity index (χ0v) is 33.7. The van der Waals surface area contributed by atoms with Gasteiger partial charge in [0.2, 0.25) is 5.91 Å². The molecule has 0 rings (SSSR count). The van der Waals surface area contributed by atoms with E-state index in [0.29, 0.717) is 6.42 Å². The standard InChI is InChI=1S/C46H87NO3/c1-3-5-7-9-11-13-15-17-19-21-23-25-27-29-31-33-35-37-39-41-45(49)44(43-48)47-46(50)42-40-38-36-34-32-30-28-26-24-22-20-18-16-14-12-10-8-6-4-2/h18,20,31,33,39,41,44-45,48-49H,3-17,19,21-30,32,34-38,40,42-43H2,1-2H3,(H,47,50)/b20-18-,33-31+,41-39+. The summed E-state index contributed by atoms with van der Waals surface area (Å²) in [7, 11) is 0. The number of hydrogen-bond acceptors (Lipinski definition) is 3. The van der Waals surface area contributed by atoms with Crippen LogP contribution in [0.15, 0.2) is 36.5 Å². The van der Waals surface area contributed by atoms with E-state index in [0.717, 1.165) is 32.1 Å². The Bertz CT molecular complexity index is 760. The maximum absolute atomic E-state index is 12.4. The number of aliphatic hydroxyl groups is 2. The van der Waals surface area contributed by atoms with Gasteiger partial charge in [-0.1, -0.05) is 204 Å². The van der Waals surface area contributed by atoms with Crippen LogP contribution in [-0.4, -0.2) is 34.9 Å². The molecule has 0 saturated carbocycles. The molecule has 0 aromatic carbocycles. The number of nitrogens with one attached hydrogen (secondary N) is 1. The van der Waals surface area contributed by atoms with Gasteiger partial charge in [0, 0.05) is 6.42 Å². The molecule has 2 atom stereocenters. The predicted octanol–water partition coefficient (Wildman–Crippen LogP) is 13.8. The Kier molecular flexibility index (Phi) is 40.9. The number of unbranched alkanes of at least 4 members (excludes halogenated alkanes) is 29. The first-order chi connectivity index (χ1) is 24.7. The van der Waals surface area contributed by atoms with Crippen LogP contribution in [0, 0.1) is 0 Å². The number of hydrogen-bond donors (Lipinski definition) is 3. The van der Waals surface area contributed by atoms with Crippen LogP contribution in [0.2, 0.25) is 0 Å². The van der Waals surface area contributed by atoms with E-state index in [1.807, 2.05) is 6.08 Å². The Morgan fingerprint density at radius 1 is 0.460 bits per heavy atom. The molecule has 0 aliphatic heterocycles. The second-order valence-corrected chi connectivity index (χ2v) is 15.1. The summed E-state index contributed by atoms with van der Waals surface area (Å²) in [5.74, 6) is -0.0753. The highest BCUT2D eigenvalue weighted by Gasteiger charge is 2.17. The van der Waals surface area contributed by atoms with Gasteiger partial charge in [0.05, 0.1) is 18.8 Å². The minimum atomic E-state index is -0.861. The largest absolute Gasteiger partial charge is 0.394 e. The normalized spacial score (nSPS) is 13.3. The molecule has 3 N–H and O–H groups in total. The number of carbonyl (C=O) groups is 1. The molecule has 0 fully saturated rings. The van der Waals surface area contributed by atoms with Crippen LogP contribution in [0.4, 0.5) is 0 Å². The fourth-order valence-electron chi connectivity index (χ4n) is 6.66. The van der Waals surface area contributed by atoms with Gasteiger partial charge >= 0.3 is 0 Å². The highest BCUT2D eigenvalue weighted by molar-refractivity contribution is 5.76. The fraction of sp³-hybridized carbons (Fsp3) is 0.848. The molecule has 1 amide bonds. The van der Waals surface area contributed by atoms with Gasteiger partial charge in [0.1, 0.15) is 0 Å². The van der Waals surface area contributed by atoms with Crippen molar-refractivity contribution >= 4 is 5.91 Å². The molecule has 2 unspecified atom stereocenters. The van der Waals surface area contributed by atoms with Gasteiger partial charge in [-0.25, -0.2) is 0 Å². The number of amides is 1. The van der Waals surface area contributed by atoms with E-state index >= 15 is 0 Å². The molecule has 4 heteroatoms. The van der Waals surface area contributed by atoms with E-state index in [9.17, 15) is 15.0 Å². The van der Waals surface area contributed by atoms with Gasteiger partial charge in [0.25, 0.3) is 0 Å². The first kappa shape index (κ1) is 48.6. The molecule has 0 aliphatic rings. The minimum absolute atomic E-state index is 0.0753. The Morgan fingerprint density at radius 3 is 1.16 bits per heavy atom. The van der Waals surface area contributed by atoms with E-state index < -0.39 is 12.1 Å². The van der Waals surface area contributed by atoms with E-state index in [2.05, 4.69) is 43.5 Å². The summed E-state index contributed by atoms with van der Waals surface area (Å²) in [5.41, 5.74) is 0. The van der Waals surface area contributed by atoms with Gasteiger partial charge < -0.3 is 15.5 Å². The van der Waals surface area contributed by atoms with Crippen molar-refractivity contribution in [2.75, 3.05) is 6.61 Å². The molecule has 294 valence electrons. The third-order valence-electron chi connectivity index (χ3n) is 10.1. The first-order valence-corrected chi connectivity index (χ1v) is 22.2. The molecule has 0 aliphatic carbocycles. The smallest absolute Gasteiger partial charge is 0.220 e. The lowest BCUT2D eigenvalue weighted by Crippen LogP contribution is -2.45. The van der Waals surface area contributed by atoms with Crippen molar-refractivity contribution in [1.82, 2.24) is 5.32 Å². The van der Waals surface area contributed by atoms with Crippen LogP contribution in [0.25, 0.3) is 0 Å². The Hall–Kier alpha value is -1.39. The molecular formula is C46H87NO3. The van der Waals surface area contributed by atoms with Gasteiger partial charge in [-0.3, -0.25) is 4.79 Å². The van der Waals surface area contributed by atoms with Crippen LogP contribution < -0.4 is 5.32 Å². The monoisotopic (exact) mass is 702 g/mol. The summed E-state index contributed by atoms with van der Waals surface area (Å²) in [5, 5.41) is 23.0. The van der Waals surface area contributed by atoms with Gasteiger partial charge in [-0.05, 0) is 57.8 Å². The maximum atomic E-state index is 12.4. The number of aliphatic hydroxyl groups excluding tert-OH is 2. The lowest BCUT2D eigenvalue weighted by Gasteiger charge is -2.19. The maximum Gasteiger partial charge on any atom is 0.220 e. The van der Waals surface area contributed by atoms with Crippen molar-refractivity contribution in [3.63, 3.8) is 0 Å². The van der Waals surface area contributed by atoms with Crippen LogP contribution in [0.5, 0.6) is 0 Å². The Labute approximate surface area is 312 Å². The highest BCUT2D eigenvalue weighted by Crippen LogP contribution is 2.14. The average Bonchev–Trinajstić information content (AvgIpc) is 3.12. The fourth-order valence-corrected chi connectivity index (χ4v) is 6.66. The van der Waals surface area contributed by atoms with Crippen molar-refractivity contribution in [2.45, 2.75) is 244 Å². The zero-order valence-electron chi connectivity index (χ0n) is 33.7. The summed E-state index contributed by atoms with van der Waals surface area (Å²) in [4.78, 5) is 12.4. The SMILES string of the molecule is CCCCCCCC/C=C\CCCCCCCCCCCC(=O)NC(CO)C(O)/C=C/CC/C=C/CCCCCCCCCCCCCCC. The van der Waals surface area contributed by atoms with Crippen molar-refractivity contribution in [3.8, 4) is 0 Å². The van der Waals surface area contributed by atoms with Crippen molar-refractivity contribution < 1.29 is 15.0 Å². The van der Waals surface area contributed by atoms with Crippen molar-refractivity contribution in [2.24, 2.45) is 0 Å². The molecule has 0 saturated heterocycles. The summed E-state index contributed by atoms with van der Waals surface area (Å²) < 4.78 is 0. The predicted molar refractivity (Wildman–Crippen MR) is 221 cm³/mol. The molecule has 50 heavy (non-hydrogen) atoms. The van der Waals surface area contributed by atoms with Gasteiger partial charge in [-0.2, -0.15) is 0 Å². The Morgan fingerprint density at radius 2 is 0.780 bits per heavy atom. The van der Waals surface area contributed by atoms with E-state index in [-0.39, 0.29) is 12.5 Å². The highest BCUT2D eigenvalue weighted by atomic mass is 16.3. The molecular weight excluding hydrogens is 615 g/mol. The third-order valence-corrected chi connectivity index (χ3v) is 10.1. The zero-order chi connectivity index (χ0) is 36.4. The number of allylic oxidation sites excluding steroid dienone is 5. The van der Waals surface area contributed by atoms with Crippen LogP contribution in [0.3, 0.4) is 0 Å². The summed E-state index contributed by atoms with van der Waals surface area (Å²) >= 11 is 0. The molecule has 0 bridgehead atoms. The number of rotatable bonds is 40. The van der Waals surface area contributed by atoms with E-state index in [1.54, 1.807) is 6.08 Å². The van der Waals surface area contributed by atoms with Crippen molar-refractivity contribution in [3.05, 3.63) is 36.5 Å². The molecule has 0 spiro atoms. The summed E-state index contributed by atoms with van der Waals surface area (Å²) in [6, 6.07) is -0.638. The second kappa shape index (κ2) is 42.0. The van der Waals surface area contributed by atoms with Gasteiger partial charge in [-0.15, -0.1) is 0 Å². The summed E-state index contributed by atoms with van der Waals surface area (Å²) in [6.07, 6.45) is 55.4. The van der Waals surface area contributed by atoms with Gasteiger partial charge in [0.15, 0.2) is 0 Å². The topological polar surface area (TPSA) is 69.6 Å². The lowest BCUT2D eigenvalue weighted by molar-refractivity contribution is -0.123. The first-order valence-electron chi connectivity index (χ1n) is 22.2. The van der Waals surface area contributed by atoms with Crippen molar-refractivity contribution in [1.29, 1.82) is 0 Å². The second-order valence-electron chi connectivity index (χ2n) is 15.1. The van der Waals surface area contributed by atoms with Crippen LogP contribution >= 0.6 is 0 Å². The molecule has 0 aromatic rings.